The van der Waals surface area contributed by atoms with Gasteiger partial charge in [0.1, 0.15) is 12.1 Å². The molecule has 1 aromatic rings. The average Bonchev–Trinajstić information content (AvgIpc) is 2.69. The van der Waals surface area contributed by atoms with E-state index in [2.05, 4.69) is 10.6 Å². The summed E-state index contributed by atoms with van der Waals surface area (Å²) in [6, 6.07) is 6.61. The molecule has 4 atom stereocenters. The summed E-state index contributed by atoms with van der Waals surface area (Å²) in [5.74, 6) is -1.54. The molecule has 0 heterocycles. The molecule has 0 spiro atoms. The van der Waals surface area contributed by atoms with E-state index in [1.807, 2.05) is 43.5 Å². The summed E-state index contributed by atoms with van der Waals surface area (Å²) in [7, 11) is 0. The highest BCUT2D eigenvalue weighted by Gasteiger charge is 2.30. The second-order valence-electron chi connectivity index (χ2n) is 6.85. The minimum atomic E-state index is -1.09. The van der Waals surface area contributed by atoms with Gasteiger partial charge >= 0.3 is 5.97 Å². The van der Waals surface area contributed by atoms with Crippen molar-refractivity contribution in [3.05, 3.63) is 35.9 Å². The molecule has 156 valence electrons. The summed E-state index contributed by atoms with van der Waals surface area (Å²) >= 11 is 1.59. The fourth-order valence-electron chi connectivity index (χ4n) is 2.65. The number of thioether (sulfide) groups is 1. The third-order valence-corrected chi connectivity index (χ3v) is 5.31. The third kappa shape index (κ3) is 7.90. The van der Waals surface area contributed by atoms with E-state index in [1.165, 1.54) is 0 Å². The molecule has 0 aromatic heterocycles. The van der Waals surface area contributed by atoms with Crippen molar-refractivity contribution in [2.24, 2.45) is 11.7 Å². The Morgan fingerprint density at radius 3 is 2.32 bits per heavy atom. The highest BCUT2D eigenvalue weighted by Crippen LogP contribution is 2.10. The Morgan fingerprint density at radius 1 is 1.14 bits per heavy atom. The van der Waals surface area contributed by atoms with Crippen molar-refractivity contribution in [3.8, 4) is 0 Å². The number of carbonyl (C=O) groups excluding carboxylic acids is 2. The Balaban J connectivity index is 2.93. The van der Waals surface area contributed by atoms with Crippen LogP contribution in [0.3, 0.4) is 0 Å². The molecule has 0 fully saturated rings. The zero-order valence-corrected chi connectivity index (χ0v) is 17.5. The van der Waals surface area contributed by atoms with Gasteiger partial charge in [-0.2, -0.15) is 11.8 Å². The highest BCUT2D eigenvalue weighted by atomic mass is 32.2. The largest absolute Gasteiger partial charge is 0.480 e. The van der Waals surface area contributed by atoms with Gasteiger partial charge in [-0.1, -0.05) is 50.6 Å². The maximum Gasteiger partial charge on any atom is 0.326 e. The normalized spacial score (nSPS) is 15.1. The van der Waals surface area contributed by atoms with Crippen LogP contribution in [-0.4, -0.2) is 53.0 Å². The minimum Gasteiger partial charge on any atom is -0.480 e. The van der Waals surface area contributed by atoms with Crippen molar-refractivity contribution in [2.75, 3.05) is 12.0 Å². The fourth-order valence-corrected chi connectivity index (χ4v) is 3.14. The van der Waals surface area contributed by atoms with Crippen LogP contribution in [0, 0.1) is 5.92 Å². The molecule has 0 aliphatic heterocycles. The smallest absolute Gasteiger partial charge is 0.326 e. The Bertz CT molecular complexity index is 642. The zero-order valence-electron chi connectivity index (χ0n) is 16.7. The second kappa shape index (κ2) is 12.4. The van der Waals surface area contributed by atoms with Crippen LogP contribution in [-0.2, 0) is 20.8 Å². The first-order valence-electron chi connectivity index (χ1n) is 9.42. The molecule has 0 radical (unpaired) electrons. The molecule has 0 bridgehead atoms. The summed E-state index contributed by atoms with van der Waals surface area (Å²) in [5.41, 5.74) is 6.77. The molecule has 7 nitrogen and oxygen atoms in total. The number of rotatable bonds is 12. The Morgan fingerprint density at radius 2 is 1.79 bits per heavy atom. The SMILES string of the molecule is CCC(C)C(NC(=O)C(Cc1ccccc1)NC(=O)C(N)CCSC)C(=O)O. The fraction of sp³-hybridized carbons (Fsp3) is 0.550. The number of hydrogen-bond acceptors (Lipinski definition) is 5. The van der Waals surface area contributed by atoms with E-state index in [0.717, 1.165) is 11.3 Å². The van der Waals surface area contributed by atoms with Crippen molar-refractivity contribution >= 4 is 29.5 Å². The van der Waals surface area contributed by atoms with Crippen LogP contribution in [0.15, 0.2) is 30.3 Å². The molecule has 1 rings (SSSR count). The third-order valence-electron chi connectivity index (χ3n) is 4.66. The van der Waals surface area contributed by atoms with E-state index in [0.29, 0.717) is 12.8 Å². The van der Waals surface area contributed by atoms with Crippen molar-refractivity contribution in [2.45, 2.75) is 51.2 Å². The van der Waals surface area contributed by atoms with E-state index in [4.69, 9.17) is 5.73 Å². The van der Waals surface area contributed by atoms with Gasteiger partial charge < -0.3 is 21.5 Å². The summed E-state index contributed by atoms with van der Waals surface area (Å²) in [4.78, 5) is 36.8. The average molecular weight is 410 g/mol. The van der Waals surface area contributed by atoms with Crippen LogP contribution in [0.2, 0.25) is 0 Å². The number of nitrogens with two attached hydrogens (primary N) is 1. The molecule has 0 saturated heterocycles. The van der Waals surface area contributed by atoms with Crippen LogP contribution in [0.1, 0.15) is 32.3 Å². The number of carboxylic acid groups (broad SMARTS) is 1. The summed E-state index contributed by atoms with van der Waals surface area (Å²) < 4.78 is 0. The molecule has 0 aliphatic rings. The van der Waals surface area contributed by atoms with Crippen LogP contribution in [0.25, 0.3) is 0 Å². The monoisotopic (exact) mass is 409 g/mol. The van der Waals surface area contributed by atoms with Crippen LogP contribution in [0.4, 0.5) is 0 Å². The molecule has 1 aromatic carbocycles. The molecule has 8 heteroatoms. The number of benzene rings is 1. The second-order valence-corrected chi connectivity index (χ2v) is 7.83. The van der Waals surface area contributed by atoms with E-state index < -0.39 is 35.9 Å². The van der Waals surface area contributed by atoms with Crippen molar-refractivity contribution in [3.63, 3.8) is 0 Å². The standard InChI is InChI=1S/C20H31N3O4S/c1-4-13(2)17(20(26)27)23-19(25)16(12-14-8-6-5-7-9-14)22-18(24)15(21)10-11-28-3/h5-9,13,15-17H,4,10-12,21H2,1-3H3,(H,22,24)(H,23,25)(H,26,27). The van der Waals surface area contributed by atoms with Gasteiger partial charge in [0.15, 0.2) is 0 Å². The van der Waals surface area contributed by atoms with Gasteiger partial charge in [-0.05, 0) is 29.9 Å². The van der Waals surface area contributed by atoms with Gasteiger partial charge in [-0.25, -0.2) is 4.79 Å². The maximum atomic E-state index is 12.8. The number of hydrogen-bond donors (Lipinski definition) is 4. The Hall–Kier alpha value is -2.06. The van der Waals surface area contributed by atoms with Crippen LogP contribution < -0.4 is 16.4 Å². The van der Waals surface area contributed by atoms with E-state index >= 15 is 0 Å². The molecular formula is C20H31N3O4S. The van der Waals surface area contributed by atoms with Gasteiger partial charge in [0.05, 0.1) is 6.04 Å². The van der Waals surface area contributed by atoms with Gasteiger partial charge in [-0.3, -0.25) is 9.59 Å². The molecule has 0 aliphatic carbocycles. The minimum absolute atomic E-state index is 0.238. The molecule has 28 heavy (non-hydrogen) atoms. The number of carboxylic acids is 1. The molecule has 0 saturated carbocycles. The van der Waals surface area contributed by atoms with Gasteiger partial charge in [0.2, 0.25) is 11.8 Å². The number of aliphatic carboxylic acids is 1. The molecule has 5 N–H and O–H groups in total. The quantitative estimate of drug-likeness (QED) is 0.414. The number of nitrogens with one attached hydrogen (secondary N) is 2. The molecule has 2 amide bonds. The van der Waals surface area contributed by atoms with Crippen molar-refractivity contribution in [1.29, 1.82) is 0 Å². The molecule has 4 unspecified atom stereocenters. The van der Waals surface area contributed by atoms with E-state index in [9.17, 15) is 19.5 Å². The molecular weight excluding hydrogens is 378 g/mol. The topological polar surface area (TPSA) is 122 Å². The summed E-state index contributed by atoms with van der Waals surface area (Å²) in [6.07, 6.45) is 3.28. The van der Waals surface area contributed by atoms with Crippen molar-refractivity contribution in [1.82, 2.24) is 10.6 Å². The summed E-state index contributed by atoms with van der Waals surface area (Å²) in [5, 5.41) is 14.7. The van der Waals surface area contributed by atoms with Crippen LogP contribution >= 0.6 is 11.8 Å². The number of amides is 2. The Kier molecular flexibility index (Phi) is 10.6. The lowest BCUT2D eigenvalue weighted by Crippen LogP contribution is -2.56. The van der Waals surface area contributed by atoms with Crippen molar-refractivity contribution < 1.29 is 19.5 Å². The van der Waals surface area contributed by atoms with Crippen LogP contribution in [0.5, 0.6) is 0 Å². The van der Waals surface area contributed by atoms with E-state index in [1.54, 1.807) is 18.7 Å². The Labute approximate surface area is 170 Å². The predicted molar refractivity (Wildman–Crippen MR) is 112 cm³/mol. The maximum absolute atomic E-state index is 12.8. The summed E-state index contributed by atoms with van der Waals surface area (Å²) in [6.45, 7) is 3.63. The number of carbonyl (C=O) groups is 3. The predicted octanol–water partition coefficient (Wildman–Crippen LogP) is 1.41. The van der Waals surface area contributed by atoms with Gasteiger partial charge in [0.25, 0.3) is 0 Å². The lowest BCUT2D eigenvalue weighted by molar-refractivity contribution is -0.143. The first kappa shape index (κ1) is 24.0. The van der Waals surface area contributed by atoms with Gasteiger partial charge in [-0.15, -0.1) is 0 Å². The van der Waals surface area contributed by atoms with Gasteiger partial charge in [0, 0.05) is 6.42 Å². The first-order chi connectivity index (χ1) is 13.3. The lowest BCUT2D eigenvalue weighted by Gasteiger charge is -2.25. The zero-order chi connectivity index (χ0) is 21.1. The van der Waals surface area contributed by atoms with E-state index in [-0.39, 0.29) is 12.3 Å². The highest BCUT2D eigenvalue weighted by molar-refractivity contribution is 7.98. The lowest BCUT2D eigenvalue weighted by atomic mass is 9.98. The first-order valence-corrected chi connectivity index (χ1v) is 10.8.